The third-order valence-corrected chi connectivity index (χ3v) is 3.67. The van der Waals surface area contributed by atoms with Crippen LogP contribution in [0.1, 0.15) is 24.0 Å². The molecule has 5 heteroatoms. The Kier molecular flexibility index (Phi) is 4.08. The number of nitrogens with one attached hydrogen (secondary N) is 1. The molecule has 1 aliphatic carbocycles. The maximum atomic E-state index is 14.4. The molecule has 1 N–H and O–H groups in total. The molecular weight excluding hydrogens is 291 g/mol. The Morgan fingerprint density at radius 3 is 2.90 bits per heavy atom. The molecule has 0 atom stereocenters. The lowest BCUT2D eigenvalue weighted by atomic mass is 10.2. The molecule has 1 aromatic carbocycles. The highest BCUT2D eigenvalue weighted by molar-refractivity contribution is 6.30. The standard InChI is InChI=1S/C16H16ClFN2O/c1-10-8-12(17)2-5-14(10)21-16-15(18)11(6-7-19-16)9-20-13-3-4-13/h2,5-8,13,20H,3-4,9H2,1H3. The fraction of sp³-hybridized carbons (Fsp3) is 0.312. The monoisotopic (exact) mass is 306 g/mol. The quantitative estimate of drug-likeness (QED) is 0.897. The second-order valence-electron chi connectivity index (χ2n) is 5.26. The van der Waals surface area contributed by atoms with Crippen LogP contribution in [-0.4, -0.2) is 11.0 Å². The lowest BCUT2D eigenvalue weighted by Crippen LogP contribution is -2.16. The maximum absolute atomic E-state index is 14.4. The Hall–Kier alpha value is -1.65. The average molecular weight is 307 g/mol. The number of hydrogen-bond donors (Lipinski definition) is 1. The summed E-state index contributed by atoms with van der Waals surface area (Å²) in [6.45, 7) is 2.35. The van der Waals surface area contributed by atoms with Gasteiger partial charge in [-0.05, 0) is 49.6 Å². The third-order valence-electron chi connectivity index (χ3n) is 3.44. The Morgan fingerprint density at radius 1 is 1.38 bits per heavy atom. The summed E-state index contributed by atoms with van der Waals surface area (Å²) in [4.78, 5) is 3.98. The zero-order valence-corrected chi connectivity index (χ0v) is 12.5. The van der Waals surface area contributed by atoms with Crippen LogP contribution in [0.3, 0.4) is 0 Å². The zero-order valence-electron chi connectivity index (χ0n) is 11.7. The van der Waals surface area contributed by atoms with Gasteiger partial charge in [-0.2, -0.15) is 0 Å². The molecule has 1 aliphatic rings. The van der Waals surface area contributed by atoms with E-state index in [1.807, 2.05) is 6.92 Å². The van der Waals surface area contributed by atoms with Crippen molar-refractivity contribution in [3.05, 3.63) is 52.4 Å². The van der Waals surface area contributed by atoms with E-state index in [4.69, 9.17) is 16.3 Å². The molecule has 0 radical (unpaired) electrons. The minimum Gasteiger partial charge on any atom is -0.436 e. The van der Waals surface area contributed by atoms with Crippen LogP contribution < -0.4 is 10.1 Å². The molecule has 0 bridgehead atoms. The molecule has 0 amide bonds. The molecule has 0 saturated heterocycles. The van der Waals surface area contributed by atoms with Gasteiger partial charge in [0, 0.05) is 29.4 Å². The van der Waals surface area contributed by atoms with Crippen LogP contribution >= 0.6 is 11.6 Å². The van der Waals surface area contributed by atoms with Gasteiger partial charge in [0.05, 0.1) is 0 Å². The predicted molar refractivity (Wildman–Crippen MR) is 80.3 cm³/mol. The summed E-state index contributed by atoms with van der Waals surface area (Å²) < 4.78 is 20.0. The van der Waals surface area contributed by atoms with Crippen molar-refractivity contribution in [2.24, 2.45) is 0 Å². The SMILES string of the molecule is Cc1cc(Cl)ccc1Oc1nccc(CNC2CC2)c1F. The van der Waals surface area contributed by atoms with Crippen LogP contribution in [0, 0.1) is 12.7 Å². The number of ether oxygens (including phenoxy) is 1. The van der Waals surface area contributed by atoms with E-state index in [2.05, 4.69) is 10.3 Å². The van der Waals surface area contributed by atoms with Crippen LogP contribution in [0.4, 0.5) is 4.39 Å². The fourth-order valence-corrected chi connectivity index (χ4v) is 2.27. The highest BCUT2D eigenvalue weighted by atomic mass is 35.5. The van der Waals surface area contributed by atoms with Gasteiger partial charge in [-0.15, -0.1) is 0 Å². The molecule has 21 heavy (non-hydrogen) atoms. The largest absolute Gasteiger partial charge is 0.436 e. The van der Waals surface area contributed by atoms with E-state index in [1.165, 1.54) is 12.8 Å². The number of aryl methyl sites for hydroxylation is 1. The maximum Gasteiger partial charge on any atom is 0.256 e. The summed E-state index contributed by atoms with van der Waals surface area (Å²) in [7, 11) is 0. The van der Waals surface area contributed by atoms with Gasteiger partial charge in [0.1, 0.15) is 5.75 Å². The van der Waals surface area contributed by atoms with Gasteiger partial charge in [0.15, 0.2) is 5.82 Å². The normalized spacial score (nSPS) is 14.2. The first-order chi connectivity index (χ1) is 10.1. The van der Waals surface area contributed by atoms with E-state index in [-0.39, 0.29) is 5.88 Å². The third kappa shape index (κ3) is 3.52. The Balaban J connectivity index is 1.79. The lowest BCUT2D eigenvalue weighted by molar-refractivity contribution is 0.415. The number of rotatable bonds is 5. The molecule has 1 fully saturated rings. The summed E-state index contributed by atoms with van der Waals surface area (Å²) in [5, 5.41) is 3.90. The number of nitrogens with zero attached hydrogens (tertiary/aromatic N) is 1. The van der Waals surface area contributed by atoms with Crippen molar-refractivity contribution in [2.75, 3.05) is 0 Å². The molecule has 0 unspecified atom stereocenters. The number of hydrogen-bond acceptors (Lipinski definition) is 3. The minimum absolute atomic E-state index is 0.00415. The van der Waals surface area contributed by atoms with Gasteiger partial charge in [0.2, 0.25) is 0 Å². The van der Waals surface area contributed by atoms with Crippen molar-refractivity contribution in [3.63, 3.8) is 0 Å². The summed E-state index contributed by atoms with van der Waals surface area (Å²) >= 11 is 5.90. The molecule has 3 rings (SSSR count). The van der Waals surface area contributed by atoms with Crippen molar-refractivity contribution < 1.29 is 9.13 Å². The van der Waals surface area contributed by atoms with Crippen LogP contribution in [0.25, 0.3) is 0 Å². The molecule has 110 valence electrons. The molecule has 1 saturated carbocycles. The second-order valence-corrected chi connectivity index (χ2v) is 5.69. The second kappa shape index (κ2) is 6.00. The van der Waals surface area contributed by atoms with E-state index in [1.54, 1.807) is 30.5 Å². The minimum atomic E-state index is -0.417. The van der Waals surface area contributed by atoms with Crippen molar-refractivity contribution in [1.82, 2.24) is 10.3 Å². The van der Waals surface area contributed by atoms with Gasteiger partial charge < -0.3 is 10.1 Å². The summed E-state index contributed by atoms with van der Waals surface area (Å²) in [5.74, 6) is 0.133. The summed E-state index contributed by atoms with van der Waals surface area (Å²) in [6, 6.07) is 7.40. The first kappa shape index (κ1) is 14.3. The van der Waals surface area contributed by atoms with Gasteiger partial charge in [0.25, 0.3) is 5.88 Å². The summed E-state index contributed by atoms with van der Waals surface area (Å²) in [6.07, 6.45) is 3.90. The molecule has 2 aromatic rings. The van der Waals surface area contributed by atoms with E-state index in [0.29, 0.717) is 28.9 Å². The first-order valence-corrected chi connectivity index (χ1v) is 7.32. The topological polar surface area (TPSA) is 34.1 Å². The number of aromatic nitrogens is 1. The average Bonchev–Trinajstić information content (AvgIpc) is 3.27. The van der Waals surface area contributed by atoms with Crippen LogP contribution in [0.5, 0.6) is 11.6 Å². The summed E-state index contributed by atoms with van der Waals surface area (Å²) in [5.41, 5.74) is 1.41. The molecule has 0 aliphatic heterocycles. The van der Waals surface area contributed by atoms with Gasteiger partial charge in [-0.25, -0.2) is 9.37 Å². The number of benzene rings is 1. The van der Waals surface area contributed by atoms with Crippen LogP contribution in [0.2, 0.25) is 5.02 Å². The molecule has 0 spiro atoms. The smallest absolute Gasteiger partial charge is 0.256 e. The van der Waals surface area contributed by atoms with Gasteiger partial charge >= 0.3 is 0 Å². The fourth-order valence-electron chi connectivity index (χ4n) is 2.04. The highest BCUT2D eigenvalue weighted by Crippen LogP contribution is 2.29. The van der Waals surface area contributed by atoms with E-state index < -0.39 is 5.82 Å². The van der Waals surface area contributed by atoms with Gasteiger partial charge in [-0.3, -0.25) is 0 Å². The van der Waals surface area contributed by atoms with Crippen LogP contribution in [0.15, 0.2) is 30.5 Å². The Labute approximate surface area is 128 Å². The highest BCUT2D eigenvalue weighted by Gasteiger charge is 2.21. The van der Waals surface area contributed by atoms with E-state index >= 15 is 0 Å². The molecular formula is C16H16ClFN2O. The molecule has 3 nitrogen and oxygen atoms in total. The van der Waals surface area contributed by atoms with Gasteiger partial charge in [-0.1, -0.05) is 11.6 Å². The zero-order chi connectivity index (χ0) is 14.8. The van der Waals surface area contributed by atoms with Crippen molar-refractivity contribution in [2.45, 2.75) is 32.4 Å². The van der Waals surface area contributed by atoms with Crippen LogP contribution in [-0.2, 0) is 6.54 Å². The van der Waals surface area contributed by atoms with E-state index in [9.17, 15) is 4.39 Å². The first-order valence-electron chi connectivity index (χ1n) is 6.94. The number of pyridine rings is 1. The van der Waals surface area contributed by atoms with Crippen molar-refractivity contribution in [3.8, 4) is 11.6 Å². The predicted octanol–water partition coefficient (Wildman–Crippen LogP) is 4.23. The Morgan fingerprint density at radius 2 is 2.19 bits per heavy atom. The number of halogens is 2. The molecule has 1 aromatic heterocycles. The van der Waals surface area contributed by atoms with Crippen molar-refractivity contribution in [1.29, 1.82) is 0 Å². The Bertz CT molecular complexity index is 659. The lowest BCUT2D eigenvalue weighted by Gasteiger charge is -2.11. The van der Waals surface area contributed by atoms with E-state index in [0.717, 1.165) is 5.56 Å². The van der Waals surface area contributed by atoms with Crippen molar-refractivity contribution >= 4 is 11.6 Å². The molecule has 1 heterocycles.